The summed E-state index contributed by atoms with van der Waals surface area (Å²) in [6.45, 7) is 6.85. The molecule has 5 nitrogen and oxygen atoms in total. The lowest BCUT2D eigenvalue weighted by atomic mass is 10.2. The number of hydrogen-bond acceptors (Lipinski definition) is 5. The number of thiazole rings is 1. The second kappa shape index (κ2) is 7.53. The summed E-state index contributed by atoms with van der Waals surface area (Å²) in [5.41, 5.74) is 2.52. The minimum absolute atomic E-state index is 0.222. The lowest BCUT2D eigenvalue weighted by Gasteiger charge is -2.12. The van der Waals surface area contributed by atoms with Gasteiger partial charge in [-0.05, 0) is 50.6 Å². The number of para-hydroxylation sites is 1. The lowest BCUT2D eigenvalue weighted by molar-refractivity contribution is 0.102. The van der Waals surface area contributed by atoms with E-state index in [1.807, 2.05) is 39.0 Å². The Hall–Kier alpha value is -2.60. The van der Waals surface area contributed by atoms with Crippen molar-refractivity contribution in [1.82, 2.24) is 4.98 Å². The zero-order valence-electron chi connectivity index (χ0n) is 14.5. The predicted molar refractivity (Wildman–Crippen MR) is 101 cm³/mol. The number of aryl methyl sites for hydroxylation is 1. The van der Waals surface area contributed by atoms with E-state index in [2.05, 4.69) is 10.3 Å². The third-order valence-electron chi connectivity index (χ3n) is 3.65. The molecule has 0 spiro atoms. The molecule has 1 aromatic heterocycles. The van der Waals surface area contributed by atoms with Crippen LogP contribution in [-0.4, -0.2) is 24.1 Å². The van der Waals surface area contributed by atoms with Crippen molar-refractivity contribution >= 4 is 32.6 Å². The first-order chi connectivity index (χ1) is 12.1. The van der Waals surface area contributed by atoms with Crippen LogP contribution in [0, 0.1) is 6.92 Å². The maximum atomic E-state index is 12.6. The number of fused-ring (bicyclic) bond motifs is 1. The normalized spacial score (nSPS) is 10.7. The molecule has 0 unspecified atom stereocenters. The van der Waals surface area contributed by atoms with Crippen LogP contribution in [-0.2, 0) is 0 Å². The number of nitrogens with one attached hydrogen (secondary N) is 1. The maximum Gasteiger partial charge on any atom is 0.257 e. The second-order valence-electron chi connectivity index (χ2n) is 5.42. The van der Waals surface area contributed by atoms with Gasteiger partial charge in [0.05, 0.1) is 23.4 Å². The summed E-state index contributed by atoms with van der Waals surface area (Å²) in [6.07, 6.45) is 0. The Morgan fingerprint density at radius 1 is 1.12 bits per heavy atom. The fourth-order valence-corrected chi connectivity index (χ4v) is 3.44. The molecule has 0 saturated heterocycles. The number of benzene rings is 2. The van der Waals surface area contributed by atoms with Crippen molar-refractivity contribution in [1.29, 1.82) is 0 Å². The molecule has 0 fully saturated rings. The number of rotatable bonds is 6. The minimum Gasteiger partial charge on any atom is -0.490 e. The van der Waals surface area contributed by atoms with Gasteiger partial charge in [-0.1, -0.05) is 23.5 Å². The summed E-state index contributed by atoms with van der Waals surface area (Å²) in [7, 11) is 0. The van der Waals surface area contributed by atoms with Gasteiger partial charge in [-0.25, -0.2) is 4.98 Å². The summed E-state index contributed by atoms with van der Waals surface area (Å²) in [5.74, 6) is 0.981. The lowest BCUT2D eigenvalue weighted by Crippen LogP contribution is -2.12. The van der Waals surface area contributed by atoms with Gasteiger partial charge in [0.1, 0.15) is 0 Å². The second-order valence-corrected chi connectivity index (χ2v) is 6.45. The molecule has 1 amide bonds. The number of ether oxygens (including phenoxy) is 2. The summed E-state index contributed by atoms with van der Waals surface area (Å²) in [5, 5.41) is 3.45. The van der Waals surface area contributed by atoms with Gasteiger partial charge in [0.25, 0.3) is 5.91 Å². The quantitative estimate of drug-likeness (QED) is 0.698. The van der Waals surface area contributed by atoms with Crippen molar-refractivity contribution in [3.8, 4) is 11.5 Å². The van der Waals surface area contributed by atoms with Crippen molar-refractivity contribution in [3.05, 3.63) is 47.5 Å². The Balaban J connectivity index is 1.84. The molecule has 1 heterocycles. The molecule has 0 bridgehead atoms. The molecule has 0 atom stereocenters. The number of amides is 1. The highest BCUT2D eigenvalue weighted by Crippen LogP contribution is 2.30. The zero-order valence-corrected chi connectivity index (χ0v) is 15.3. The van der Waals surface area contributed by atoms with Gasteiger partial charge in [-0.15, -0.1) is 0 Å². The van der Waals surface area contributed by atoms with Gasteiger partial charge in [0.2, 0.25) is 0 Å². The monoisotopic (exact) mass is 356 g/mol. The molecule has 2 aromatic carbocycles. The molecular formula is C19H20N2O3S. The van der Waals surface area contributed by atoms with Crippen LogP contribution in [0.15, 0.2) is 36.4 Å². The number of hydrogen-bond donors (Lipinski definition) is 1. The molecule has 130 valence electrons. The highest BCUT2D eigenvalue weighted by molar-refractivity contribution is 7.22. The summed E-state index contributed by atoms with van der Waals surface area (Å²) >= 11 is 1.46. The number of aromatic nitrogens is 1. The van der Waals surface area contributed by atoms with E-state index in [9.17, 15) is 4.79 Å². The van der Waals surface area contributed by atoms with E-state index < -0.39 is 0 Å². The zero-order chi connectivity index (χ0) is 17.8. The summed E-state index contributed by atoms with van der Waals surface area (Å²) in [4.78, 5) is 17.1. The van der Waals surface area contributed by atoms with Gasteiger partial charge in [-0.2, -0.15) is 0 Å². The van der Waals surface area contributed by atoms with Gasteiger partial charge in [-0.3, -0.25) is 10.1 Å². The van der Waals surface area contributed by atoms with Crippen LogP contribution in [0.5, 0.6) is 11.5 Å². The summed E-state index contributed by atoms with van der Waals surface area (Å²) < 4.78 is 12.2. The minimum atomic E-state index is -0.222. The Bertz CT molecular complexity index is 905. The highest BCUT2D eigenvalue weighted by atomic mass is 32.1. The van der Waals surface area contributed by atoms with Crippen LogP contribution < -0.4 is 14.8 Å². The molecule has 0 aliphatic carbocycles. The molecule has 0 aliphatic rings. The fourth-order valence-electron chi connectivity index (χ4n) is 2.50. The van der Waals surface area contributed by atoms with Gasteiger partial charge >= 0.3 is 0 Å². The average Bonchev–Trinajstić information content (AvgIpc) is 3.01. The van der Waals surface area contributed by atoms with E-state index in [-0.39, 0.29) is 5.91 Å². The smallest absolute Gasteiger partial charge is 0.257 e. The largest absolute Gasteiger partial charge is 0.490 e. The predicted octanol–water partition coefficient (Wildman–Crippen LogP) is 4.65. The van der Waals surface area contributed by atoms with E-state index in [1.54, 1.807) is 18.2 Å². The van der Waals surface area contributed by atoms with Crippen LogP contribution in [0.2, 0.25) is 0 Å². The number of anilines is 1. The topological polar surface area (TPSA) is 60.5 Å². The van der Waals surface area contributed by atoms with E-state index >= 15 is 0 Å². The molecule has 0 radical (unpaired) electrons. The van der Waals surface area contributed by atoms with Crippen molar-refractivity contribution < 1.29 is 14.3 Å². The van der Waals surface area contributed by atoms with Crippen LogP contribution >= 0.6 is 11.3 Å². The molecule has 25 heavy (non-hydrogen) atoms. The first-order valence-electron chi connectivity index (χ1n) is 8.19. The first kappa shape index (κ1) is 17.2. The SMILES string of the molecule is CCOc1ccc(C(=O)Nc2nc3c(C)cccc3s2)cc1OCC. The maximum absolute atomic E-state index is 12.6. The van der Waals surface area contributed by atoms with E-state index in [4.69, 9.17) is 9.47 Å². The highest BCUT2D eigenvalue weighted by Gasteiger charge is 2.14. The van der Waals surface area contributed by atoms with E-state index in [0.29, 0.717) is 35.4 Å². The Morgan fingerprint density at radius 3 is 2.60 bits per heavy atom. The van der Waals surface area contributed by atoms with Gasteiger partial charge in [0.15, 0.2) is 16.6 Å². The first-order valence-corrected chi connectivity index (χ1v) is 9.01. The molecule has 3 aromatic rings. The Labute approximate surface area is 150 Å². The van der Waals surface area contributed by atoms with E-state index in [0.717, 1.165) is 15.8 Å². The third-order valence-corrected chi connectivity index (χ3v) is 4.58. The van der Waals surface area contributed by atoms with Crippen LogP contribution in [0.25, 0.3) is 10.2 Å². The fraction of sp³-hybridized carbons (Fsp3) is 0.263. The molecule has 1 N–H and O–H groups in total. The molecule has 3 rings (SSSR count). The van der Waals surface area contributed by atoms with E-state index in [1.165, 1.54) is 11.3 Å². The number of carbonyl (C=O) groups is 1. The van der Waals surface area contributed by atoms with Crippen LogP contribution in [0.4, 0.5) is 5.13 Å². The number of nitrogens with zero attached hydrogens (tertiary/aromatic N) is 1. The standard InChI is InChI=1S/C19H20N2O3S/c1-4-23-14-10-9-13(11-15(14)24-5-2)18(22)21-19-20-17-12(3)7-6-8-16(17)25-19/h6-11H,4-5H2,1-3H3,(H,20,21,22). The molecule has 0 saturated carbocycles. The summed E-state index contributed by atoms with van der Waals surface area (Å²) in [6, 6.07) is 11.2. The Kier molecular flexibility index (Phi) is 5.19. The van der Waals surface area contributed by atoms with Crippen molar-refractivity contribution in [2.75, 3.05) is 18.5 Å². The average molecular weight is 356 g/mol. The van der Waals surface area contributed by atoms with Crippen molar-refractivity contribution in [3.63, 3.8) is 0 Å². The van der Waals surface area contributed by atoms with Crippen molar-refractivity contribution in [2.24, 2.45) is 0 Å². The Morgan fingerprint density at radius 2 is 1.88 bits per heavy atom. The number of carbonyl (C=O) groups excluding carboxylic acids is 1. The molecular weight excluding hydrogens is 336 g/mol. The van der Waals surface area contributed by atoms with Gasteiger partial charge in [0, 0.05) is 5.56 Å². The molecule has 0 aliphatic heterocycles. The molecule has 6 heteroatoms. The van der Waals surface area contributed by atoms with Crippen LogP contribution in [0.1, 0.15) is 29.8 Å². The third kappa shape index (κ3) is 3.74. The van der Waals surface area contributed by atoms with Crippen LogP contribution in [0.3, 0.4) is 0 Å². The van der Waals surface area contributed by atoms with Gasteiger partial charge < -0.3 is 9.47 Å². The van der Waals surface area contributed by atoms with Crippen molar-refractivity contribution in [2.45, 2.75) is 20.8 Å².